The number of ether oxygens (including phenoxy) is 11. The molecule has 0 aromatic heterocycles. The van der Waals surface area contributed by atoms with E-state index in [4.69, 9.17) is 61.8 Å². The predicted molar refractivity (Wildman–Crippen MR) is 551 cm³/mol. The van der Waals surface area contributed by atoms with Crippen molar-refractivity contribution in [2.45, 2.75) is 437 Å². The normalized spacial score (nSPS) is 12.4. The average molecular weight is 2010 g/mol. The minimum absolute atomic E-state index is 0.100. The molecule has 32 heteroatoms. The summed E-state index contributed by atoms with van der Waals surface area (Å²) in [7, 11) is 3.75. The van der Waals surface area contributed by atoms with Gasteiger partial charge in [0, 0.05) is 57.5 Å². The van der Waals surface area contributed by atoms with Gasteiger partial charge in [0.2, 0.25) is 5.91 Å². The highest BCUT2D eigenvalue weighted by Crippen LogP contribution is 2.27. The molecule has 0 aliphatic carbocycles. The van der Waals surface area contributed by atoms with E-state index >= 15 is 0 Å². The summed E-state index contributed by atoms with van der Waals surface area (Å²) in [6.07, 6.45) is 28.9. The van der Waals surface area contributed by atoms with Crippen LogP contribution in [0.15, 0.2) is 0 Å². The highest BCUT2D eigenvalue weighted by atomic mass is 32.2. The summed E-state index contributed by atoms with van der Waals surface area (Å²) >= 11 is 0. The molecule has 822 valence electrons. The van der Waals surface area contributed by atoms with E-state index in [-0.39, 0.29) is 127 Å². The molecule has 0 aromatic carbocycles. The maximum absolute atomic E-state index is 11.8. The average Bonchev–Trinajstić information content (AvgIpc) is 0.859. The number of nitrogens with zero attached hydrogens (tertiary/aromatic N) is 2. The Hall–Kier alpha value is -7.06. The van der Waals surface area contributed by atoms with Crippen LogP contribution in [0.4, 0.5) is 0 Å². The zero-order chi connectivity index (χ0) is 109. The third-order valence-electron chi connectivity index (χ3n) is 24.5. The molecule has 0 aliphatic rings. The summed E-state index contributed by atoms with van der Waals surface area (Å²) < 4.78 is 87.5. The molecule has 0 radical (unpaired) electrons. The fourth-order valence-electron chi connectivity index (χ4n) is 10.7. The predicted octanol–water partition coefficient (Wildman–Crippen LogP) is 22.2. The van der Waals surface area contributed by atoms with Gasteiger partial charge in [0.25, 0.3) is 10.1 Å². The monoisotopic (exact) mass is 2010 g/mol. The zero-order valence-electron chi connectivity index (χ0n) is 93.7. The molecule has 0 heterocycles. The number of carbonyl (C=O) groups is 13. The molecule has 0 saturated carbocycles. The summed E-state index contributed by atoms with van der Waals surface area (Å²) in [5, 5.41) is 11.0. The number of carbonyl (C=O) groups excluding carboxylic acids is 12. The lowest BCUT2D eigenvalue weighted by molar-refractivity contribution is -0.155. The van der Waals surface area contributed by atoms with Gasteiger partial charge in [-0.1, -0.05) is 155 Å². The van der Waals surface area contributed by atoms with Gasteiger partial charge in [-0.05, 0) is 284 Å². The Morgan fingerprint density at radius 2 is 0.518 bits per heavy atom. The molecular weight excluding hydrogens is 1810 g/mol. The topological polar surface area (TPSA) is 417 Å². The summed E-state index contributed by atoms with van der Waals surface area (Å²) in [4.78, 5) is 155. The lowest BCUT2D eigenvalue weighted by Crippen LogP contribution is -2.49. The third kappa shape index (κ3) is 88.4. The molecule has 4 atom stereocenters. The van der Waals surface area contributed by atoms with Crippen molar-refractivity contribution in [3.63, 3.8) is 0 Å². The van der Waals surface area contributed by atoms with Crippen molar-refractivity contribution in [2.75, 3.05) is 120 Å². The zero-order valence-corrected chi connectivity index (χ0v) is 94.5. The molecule has 0 aliphatic heterocycles. The Morgan fingerprint density at radius 1 is 0.295 bits per heavy atom. The second-order valence-corrected chi connectivity index (χ2v) is 42.6. The molecule has 0 spiro atoms. The number of unbranched alkanes of at least 4 members (excludes halogenated alkanes) is 9. The van der Waals surface area contributed by atoms with E-state index in [1.807, 2.05) is 156 Å². The molecule has 31 nitrogen and oxygen atoms in total. The van der Waals surface area contributed by atoms with Crippen molar-refractivity contribution < 1.29 is 133 Å². The second-order valence-electron chi connectivity index (χ2n) is 41.1. The van der Waals surface area contributed by atoms with Gasteiger partial charge in [0.1, 0.15) is 13.2 Å². The van der Waals surface area contributed by atoms with E-state index in [0.29, 0.717) is 141 Å². The standard InChI is InChI=1S/3C24H44O6.2C10H21NO2.C9H19NO4S.C6H12O2/c3*1-6-9-14-20(7-2)19-30-22(26)15-11-10-12-17-28-21(25)16-13-18-29-23(27)24(4,5)8-3;2*1-6-10(2,3)9(12)13-8-7-11(4)5;1-5-7(2)8(11)10-9(3,4)6-15(12,13)14;1-4-6(2,3)5(7)8/h3*20H,6-19H2,1-5H3;2*6-8H2,1-5H3;7H,5-6H2,1-4H3,(H,10,11)(H,12,13,14);4H2,1-3H3,(H,7,8). The summed E-state index contributed by atoms with van der Waals surface area (Å²) in [6, 6.07) is 0. The van der Waals surface area contributed by atoms with E-state index in [2.05, 4.69) is 46.9 Å². The lowest BCUT2D eigenvalue weighted by Gasteiger charge is -2.26. The quantitative estimate of drug-likeness (QED) is 0.0220. The summed E-state index contributed by atoms with van der Waals surface area (Å²) in [6.45, 7) is 59.3. The van der Waals surface area contributed by atoms with Crippen LogP contribution in [0.25, 0.3) is 0 Å². The van der Waals surface area contributed by atoms with Gasteiger partial charge in [-0.15, -0.1) is 0 Å². The van der Waals surface area contributed by atoms with Crippen LogP contribution >= 0.6 is 0 Å². The van der Waals surface area contributed by atoms with Gasteiger partial charge in [-0.25, -0.2) is 0 Å². The van der Waals surface area contributed by atoms with Gasteiger partial charge < -0.3 is 72.3 Å². The molecule has 3 N–H and O–H groups in total. The number of esters is 11. The Bertz CT molecular complexity index is 3120. The van der Waals surface area contributed by atoms with Crippen molar-refractivity contribution in [1.82, 2.24) is 15.1 Å². The third-order valence-corrected chi connectivity index (χ3v) is 25.5. The largest absolute Gasteiger partial charge is 0.481 e. The van der Waals surface area contributed by atoms with E-state index in [1.54, 1.807) is 34.6 Å². The molecule has 139 heavy (non-hydrogen) atoms. The number of likely N-dealkylation sites (N-methyl/N-ethyl adjacent to an activating group) is 2. The van der Waals surface area contributed by atoms with Crippen molar-refractivity contribution in [1.29, 1.82) is 0 Å². The molecule has 0 saturated heterocycles. The highest BCUT2D eigenvalue weighted by molar-refractivity contribution is 7.85. The number of rotatable bonds is 71. The number of aliphatic carboxylic acids is 1. The molecule has 1 amide bonds. The first-order valence-corrected chi connectivity index (χ1v) is 53.9. The number of carboxylic acid groups (broad SMARTS) is 1. The number of hydrogen-bond donors (Lipinski definition) is 3. The fourth-order valence-corrected chi connectivity index (χ4v) is 11.7. The van der Waals surface area contributed by atoms with E-state index in [9.17, 15) is 70.7 Å². The van der Waals surface area contributed by atoms with Crippen LogP contribution in [-0.4, -0.2) is 231 Å². The van der Waals surface area contributed by atoms with E-state index < -0.39 is 49.0 Å². The van der Waals surface area contributed by atoms with Crippen molar-refractivity contribution in [2.24, 2.45) is 56.2 Å². The molecule has 0 bridgehead atoms. The van der Waals surface area contributed by atoms with Crippen LogP contribution < -0.4 is 5.32 Å². The molecule has 0 aromatic rings. The van der Waals surface area contributed by atoms with E-state index in [0.717, 1.165) is 122 Å². The van der Waals surface area contributed by atoms with Crippen molar-refractivity contribution >= 4 is 87.7 Å². The van der Waals surface area contributed by atoms with Crippen LogP contribution in [0.5, 0.6) is 0 Å². The van der Waals surface area contributed by atoms with Crippen LogP contribution in [0.1, 0.15) is 431 Å². The smallest absolute Gasteiger partial charge is 0.311 e. The van der Waals surface area contributed by atoms with Gasteiger partial charge in [0.15, 0.2) is 0 Å². The first-order valence-electron chi connectivity index (χ1n) is 52.3. The minimum atomic E-state index is -4.07. The van der Waals surface area contributed by atoms with Crippen LogP contribution in [0.2, 0.25) is 0 Å². The van der Waals surface area contributed by atoms with Crippen LogP contribution in [0.3, 0.4) is 0 Å². The maximum Gasteiger partial charge on any atom is 0.311 e. The van der Waals surface area contributed by atoms with Crippen molar-refractivity contribution in [3.8, 4) is 0 Å². The van der Waals surface area contributed by atoms with Gasteiger partial charge in [0.05, 0.1) is 103 Å². The second kappa shape index (κ2) is 85.4. The first-order chi connectivity index (χ1) is 64.7. The summed E-state index contributed by atoms with van der Waals surface area (Å²) in [5.74, 6) is -2.32. The lowest BCUT2D eigenvalue weighted by atomic mass is 9.91. The Morgan fingerprint density at radius 3 is 0.712 bits per heavy atom. The maximum atomic E-state index is 11.8. The highest BCUT2D eigenvalue weighted by Gasteiger charge is 2.33. The van der Waals surface area contributed by atoms with Crippen LogP contribution in [0, 0.1) is 56.2 Å². The molecule has 0 fully saturated rings. The number of nitrogens with one attached hydrogen (secondary N) is 1. The van der Waals surface area contributed by atoms with Gasteiger partial charge in [-0.2, -0.15) is 8.42 Å². The van der Waals surface area contributed by atoms with Crippen LogP contribution in [-0.2, 0) is 125 Å². The number of amides is 1. The minimum Gasteiger partial charge on any atom is -0.481 e. The van der Waals surface area contributed by atoms with E-state index in [1.165, 1.54) is 38.5 Å². The molecule has 4 unspecified atom stereocenters. The number of hydrogen-bond acceptors (Lipinski definition) is 28. The summed E-state index contributed by atoms with van der Waals surface area (Å²) in [5.41, 5.74) is -3.63. The fraction of sp³-hybridized carbons (Fsp3) is 0.879. The Balaban J connectivity index is -0.000000305. The number of carboxylic acids is 1. The Labute approximate surface area is 843 Å². The molecule has 0 rings (SSSR count). The SMILES string of the molecule is CCC(C)(C)C(=O)O.CCC(C)(C)C(=O)OCCN(C)C.CCC(C)(C)C(=O)OCCN(C)C.CCC(C)C(=O)NC(C)(C)CS(=O)(=O)O.CCCCC(CC)COC(=O)CCCCCOC(=O)CCCOC(=O)C(C)(C)CC.CCCCC(CC)COC(=O)CCCCCOC(=O)CCCOC(=O)C(C)(C)CC.CCCCC(CC)COC(=O)CCCCCOC(=O)CCCOC(=O)C(C)(C)CC. The van der Waals surface area contributed by atoms with Gasteiger partial charge >= 0.3 is 71.6 Å². The van der Waals surface area contributed by atoms with Crippen molar-refractivity contribution in [3.05, 3.63) is 0 Å². The molecular formula is C107H205N3O28S. The Kier molecular flexibility index (Phi) is 89.0. The first kappa shape index (κ1) is 145. The van der Waals surface area contributed by atoms with Gasteiger partial charge in [-0.3, -0.25) is 66.9 Å².